The molecule has 0 saturated carbocycles. The predicted octanol–water partition coefficient (Wildman–Crippen LogP) is 4.25. The highest BCUT2D eigenvalue weighted by molar-refractivity contribution is 5.73. The Morgan fingerprint density at radius 1 is 0.900 bits per heavy atom. The van der Waals surface area contributed by atoms with Gasteiger partial charge >= 0.3 is 0 Å². The van der Waals surface area contributed by atoms with Crippen molar-refractivity contribution in [1.29, 1.82) is 0 Å². The van der Waals surface area contributed by atoms with E-state index in [-0.39, 0.29) is 0 Å². The highest BCUT2D eigenvalue weighted by Crippen LogP contribution is 2.32. The van der Waals surface area contributed by atoms with Crippen molar-refractivity contribution in [3.8, 4) is 16.9 Å². The minimum absolute atomic E-state index is 0.756. The summed E-state index contributed by atoms with van der Waals surface area (Å²) in [4.78, 5) is 0. The summed E-state index contributed by atoms with van der Waals surface area (Å²) in [6, 6.07) is 16.8. The van der Waals surface area contributed by atoms with E-state index in [0.717, 1.165) is 31.9 Å². The van der Waals surface area contributed by atoms with Gasteiger partial charge in [0.05, 0.1) is 6.61 Å². The fourth-order valence-electron chi connectivity index (χ4n) is 2.22. The number of benzene rings is 2. The second-order valence-corrected chi connectivity index (χ2v) is 4.78. The van der Waals surface area contributed by atoms with Crippen LogP contribution in [0.3, 0.4) is 0 Å². The van der Waals surface area contributed by atoms with Gasteiger partial charge in [-0.15, -0.1) is 0 Å². The summed E-state index contributed by atoms with van der Waals surface area (Å²) in [6.07, 6.45) is 1.02. The molecule has 2 aromatic carbocycles. The quantitative estimate of drug-likeness (QED) is 0.811. The van der Waals surface area contributed by atoms with Gasteiger partial charge in [0.25, 0.3) is 0 Å². The molecule has 0 aliphatic rings. The molecule has 2 rings (SSSR count). The monoisotopic (exact) mass is 269 g/mol. The fraction of sp³-hybridized carbons (Fsp3) is 0.333. The summed E-state index contributed by atoms with van der Waals surface area (Å²) in [6.45, 7) is 6.87. The minimum atomic E-state index is 0.756. The fourth-order valence-corrected chi connectivity index (χ4v) is 2.22. The lowest BCUT2D eigenvalue weighted by molar-refractivity contribution is 0.318. The summed E-state index contributed by atoms with van der Waals surface area (Å²) in [5, 5.41) is 3.40. The maximum Gasteiger partial charge on any atom is 0.127 e. The Morgan fingerprint density at radius 3 is 2.35 bits per heavy atom. The summed E-state index contributed by atoms with van der Waals surface area (Å²) in [5.41, 5.74) is 3.73. The topological polar surface area (TPSA) is 21.3 Å². The summed E-state index contributed by atoms with van der Waals surface area (Å²) >= 11 is 0. The van der Waals surface area contributed by atoms with Gasteiger partial charge in [-0.2, -0.15) is 0 Å². The van der Waals surface area contributed by atoms with Crippen molar-refractivity contribution in [2.24, 2.45) is 0 Å². The molecule has 2 aromatic rings. The van der Waals surface area contributed by atoms with Crippen molar-refractivity contribution >= 4 is 0 Å². The molecule has 0 unspecified atom stereocenters. The molecular formula is C18H23NO. The van der Waals surface area contributed by atoms with E-state index in [1.807, 2.05) is 6.07 Å². The van der Waals surface area contributed by atoms with Crippen LogP contribution in [-0.4, -0.2) is 13.2 Å². The molecule has 2 nitrogen and oxygen atoms in total. The molecule has 106 valence electrons. The number of para-hydroxylation sites is 1. The molecule has 0 amide bonds. The third-order valence-electron chi connectivity index (χ3n) is 3.22. The van der Waals surface area contributed by atoms with E-state index in [9.17, 15) is 0 Å². The van der Waals surface area contributed by atoms with Gasteiger partial charge in [0.1, 0.15) is 5.75 Å². The molecule has 0 aromatic heterocycles. The standard InChI is InChI=1S/C18H23NO/c1-3-13-20-18-12-8-7-11-17(18)16-10-6-5-9-15(16)14-19-4-2/h5-12,19H,3-4,13-14H2,1-2H3. The Bertz CT molecular complexity index is 487. The number of nitrogens with one attached hydrogen (secondary N) is 1. The third kappa shape index (κ3) is 3.61. The maximum atomic E-state index is 5.88. The smallest absolute Gasteiger partial charge is 0.127 e. The second kappa shape index (κ2) is 7.71. The van der Waals surface area contributed by atoms with E-state index >= 15 is 0 Å². The van der Waals surface area contributed by atoms with Crippen molar-refractivity contribution in [3.05, 3.63) is 54.1 Å². The first kappa shape index (κ1) is 14.6. The van der Waals surface area contributed by atoms with E-state index in [1.165, 1.54) is 16.7 Å². The van der Waals surface area contributed by atoms with E-state index in [0.29, 0.717) is 0 Å². The SMILES string of the molecule is CCCOc1ccccc1-c1ccccc1CNCC. The normalized spacial score (nSPS) is 10.5. The average molecular weight is 269 g/mol. The van der Waals surface area contributed by atoms with Gasteiger partial charge in [0.15, 0.2) is 0 Å². The van der Waals surface area contributed by atoms with Crippen molar-refractivity contribution < 1.29 is 4.74 Å². The van der Waals surface area contributed by atoms with Crippen molar-refractivity contribution in [1.82, 2.24) is 5.32 Å². The van der Waals surface area contributed by atoms with E-state index in [4.69, 9.17) is 4.74 Å². The van der Waals surface area contributed by atoms with Crippen LogP contribution in [0.5, 0.6) is 5.75 Å². The first-order valence-electron chi connectivity index (χ1n) is 7.37. The van der Waals surface area contributed by atoms with Gasteiger partial charge in [-0.3, -0.25) is 0 Å². The van der Waals surface area contributed by atoms with Crippen LogP contribution in [0.15, 0.2) is 48.5 Å². The zero-order valence-electron chi connectivity index (χ0n) is 12.4. The number of rotatable bonds is 7. The molecule has 0 fully saturated rings. The van der Waals surface area contributed by atoms with Gasteiger partial charge < -0.3 is 10.1 Å². The lowest BCUT2D eigenvalue weighted by atomic mass is 9.99. The molecule has 0 spiro atoms. The van der Waals surface area contributed by atoms with Gasteiger partial charge in [0.2, 0.25) is 0 Å². The van der Waals surface area contributed by atoms with Crippen molar-refractivity contribution in [3.63, 3.8) is 0 Å². The molecular weight excluding hydrogens is 246 g/mol. The molecule has 0 saturated heterocycles. The van der Waals surface area contributed by atoms with Crippen molar-refractivity contribution in [2.75, 3.05) is 13.2 Å². The molecule has 0 heterocycles. The molecule has 2 heteroatoms. The highest BCUT2D eigenvalue weighted by Gasteiger charge is 2.09. The summed E-state index contributed by atoms with van der Waals surface area (Å²) in [5.74, 6) is 0.971. The van der Waals surface area contributed by atoms with Crippen LogP contribution in [0.4, 0.5) is 0 Å². The maximum absolute atomic E-state index is 5.88. The zero-order valence-corrected chi connectivity index (χ0v) is 12.4. The first-order valence-corrected chi connectivity index (χ1v) is 7.37. The van der Waals surface area contributed by atoms with Crippen molar-refractivity contribution in [2.45, 2.75) is 26.8 Å². The third-order valence-corrected chi connectivity index (χ3v) is 3.22. The summed E-state index contributed by atoms with van der Waals surface area (Å²) in [7, 11) is 0. The van der Waals surface area contributed by atoms with E-state index < -0.39 is 0 Å². The Kier molecular flexibility index (Phi) is 5.63. The lowest BCUT2D eigenvalue weighted by Gasteiger charge is -2.14. The van der Waals surface area contributed by atoms with Crippen LogP contribution in [0.1, 0.15) is 25.8 Å². The average Bonchev–Trinajstić information content (AvgIpc) is 2.51. The largest absolute Gasteiger partial charge is 0.493 e. The summed E-state index contributed by atoms with van der Waals surface area (Å²) < 4.78 is 5.88. The predicted molar refractivity (Wildman–Crippen MR) is 85.0 cm³/mol. The molecule has 1 N–H and O–H groups in total. The van der Waals surface area contributed by atoms with Crippen LogP contribution in [0.25, 0.3) is 11.1 Å². The van der Waals surface area contributed by atoms with Crippen LogP contribution in [0, 0.1) is 0 Å². The second-order valence-electron chi connectivity index (χ2n) is 4.78. The van der Waals surface area contributed by atoms with Crippen LogP contribution >= 0.6 is 0 Å². The van der Waals surface area contributed by atoms with Gasteiger partial charge in [-0.05, 0) is 30.2 Å². The Labute approximate surface area is 121 Å². The number of hydrogen-bond donors (Lipinski definition) is 1. The minimum Gasteiger partial charge on any atom is -0.493 e. The Hall–Kier alpha value is -1.80. The Morgan fingerprint density at radius 2 is 1.60 bits per heavy atom. The van der Waals surface area contributed by atoms with Crippen LogP contribution in [-0.2, 0) is 6.54 Å². The zero-order chi connectivity index (χ0) is 14.2. The van der Waals surface area contributed by atoms with Gasteiger partial charge in [-0.25, -0.2) is 0 Å². The molecule has 0 bridgehead atoms. The van der Waals surface area contributed by atoms with E-state index in [2.05, 4.69) is 61.6 Å². The molecule has 0 aliphatic heterocycles. The number of hydrogen-bond acceptors (Lipinski definition) is 2. The van der Waals surface area contributed by atoms with E-state index in [1.54, 1.807) is 0 Å². The van der Waals surface area contributed by atoms with Gasteiger partial charge in [0, 0.05) is 12.1 Å². The molecule has 20 heavy (non-hydrogen) atoms. The lowest BCUT2D eigenvalue weighted by Crippen LogP contribution is -2.12. The number of ether oxygens (including phenoxy) is 1. The molecule has 0 atom stereocenters. The van der Waals surface area contributed by atoms with Crippen LogP contribution < -0.4 is 10.1 Å². The Balaban J connectivity index is 2.35. The molecule has 0 aliphatic carbocycles. The highest BCUT2D eigenvalue weighted by atomic mass is 16.5. The first-order chi connectivity index (χ1) is 9.86. The van der Waals surface area contributed by atoms with Gasteiger partial charge in [-0.1, -0.05) is 56.3 Å². The van der Waals surface area contributed by atoms with Crippen LogP contribution in [0.2, 0.25) is 0 Å². The molecule has 0 radical (unpaired) electrons.